The van der Waals surface area contributed by atoms with E-state index in [0.29, 0.717) is 6.10 Å². The Kier molecular flexibility index (Phi) is 9.88. The maximum Gasteiger partial charge on any atom is 0.191 e. The summed E-state index contributed by atoms with van der Waals surface area (Å²) in [5.41, 5.74) is 1.49. The molecule has 0 aromatic carbocycles. The van der Waals surface area contributed by atoms with Gasteiger partial charge in [-0.1, -0.05) is 37.3 Å². The Morgan fingerprint density at radius 3 is 2.79 bits per heavy atom. The van der Waals surface area contributed by atoms with Crippen LogP contribution in [-0.4, -0.2) is 51.5 Å². The zero-order chi connectivity index (χ0) is 16.9. The predicted octanol–water partition coefficient (Wildman–Crippen LogP) is 3.02. The van der Waals surface area contributed by atoms with Crippen molar-refractivity contribution < 1.29 is 9.47 Å². The lowest BCUT2D eigenvalue weighted by Gasteiger charge is -2.16. The summed E-state index contributed by atoms with van der Waals surface area (Å²) in [5.74, 6) is 0.898. The number of hydrogen-bond acceptors (Lipinski definition) is 3. The Hall–Kier alpha value is -1.07. The molecule has 2 rings (SSSR count). The number of nitrogens with one attached hydrogen (secondary N) is 2. The van der Waals surface area contributed by atoms with Gasteiger partial charge in [0.1, 0.15) is 0 Å². The Balaban J connectivity index is 1.62. The van der Waals surface area contributed by atoms with E-state index in [2.05, 4.69) is 28.6 Å². The van der Waals surface area contributed by atoms with E-state index in [4.69, 9.17) is 9.47 Å². The molecule has 0 amide bonds. The highest BCUT2D eigenvalue weighted by atomic mass is 16.5. The molecule has 1 saturated carbocycles. The highest BCUT2D eigenvalue weighted by Gasteiger charge is 2.12. The second-order valence-electron chi connectivity index (χ2n) is 6.61. The first-order valence-corrected chi connectivity index (χ1v) is 9.78. The summed E-state index contributed by atoms with van der Waals surface area (Å²) in [7, 11) is 0. The minimum absolute atomic E-state index is 0.457. The lowest BCUT2D eigenvalue weighted by molar-refractivity contribution is 0.0487. The van der Waals surface area contributed by atoms with Gasteiger partial charge in [-0.25, -0.2) is 0 Å². The van der Waals surface area contributed by atoms with Crippen molar-refractivity contribution in [2.24, 2.45) is 4.99 Å². The quantitative estimate of drug-likeness (QED) is 0.235. The molecule has 0 aromatic heterocycles. The number of aliphatic imine (C=N–C) groups is 1. The van der Waals surface area contributed by atoms with Gasteiger partial charge < -0.3 is 20.1 Å². The second-order valence-corrected chi connectivity index (χ2v) is 6.61. The lowest BCUT2D eigenvalue weighted by atomic mass is 10.1. The maximum atomic E-state index is 6.01. The Morgan fingerprint density at radius 2 is 2.08 bits per heavy atom. The van der Waals surface area contributed by atoms with Crippen LogP contribution in [0.2, 0.25) is 0 Å². The molecule has 0 spiro atoms. The van der Waals surface area contributed by atoms with E-state index in [-0.39, 0.29) is 0 Å². The third-order valence-corrected chi connectivity index (χ3v) is 4.66. The van der Waals surface area contributed by atoms with Gasteiger partial charge >= 0.3 is 0 Å². The van der Waals surface area contributed by atoms with Crippen molar-refractivity contribution >= 4 is 5.96 Å². The molecule has 0 radical (unpaired) electrons. The molecule has 1 heterocycles. The fourth-order valence-electron chi connectivity index (χ4n) is 3.26. The van der Waals surface area contributed by atoms with E-state index in [0.717, 1.165) is 58.3 Å². The van der Waals surface area contributed by atoms with Crippen LogP contribution in [0.5, 0.6) is 0 Å². The average molecular weight is 338 g/mol. The molecular weight excluding hydrogens is 302 g/mol. The van der Waals surface area contributed by atoms with Crippen LogP contribution in [0.15, 0.2) is 16.6 Å². The summed E-state index contributed by atoms with van der Waals surface area (Å²) in [4.78, 5) is 4.63. The van der Waals surface area contributed by atoms with Crippen molar-refractivity contribution in [2.45, 2.75) is 64.4 Å². The number of nitrogens with zero attached hydrogens (tertiary/aromatic N) is 1. The molecule has 24 heavy (non-hydrogen) atoms. The van der Waals surface area contributed by atoms with E-state index >= 15 is 0 Å². The van der Waals surface area contributed by atoms with Crippen molar-refractivity contribution in [3.63, 3.8) is 0 Å². The highest BCUT2D eigenvalue weighted by Crippen LogP contribution is 2.19. The van der Waals surface area contributed by atoms with E-state index in [9.17, 15) is 0 Å². The molecule has 0 atom stereocenters. The molecule has 1 aliphatic carbocycles. The zero-order valence-corrected chi connectivity index (χ0v) is 15.3. The fourth-order valence-corrected chi connectivity index (χ4v) is 3.26. The van der Waals surface area contributed by atoms with Gasteiger partial charge in [-0.3, -0.25) is 4.99 Å². The molecule has 0 saturated heterocycles. The number of rotatable bonds is 8. The van der Waals surface area contributed by atoms with Crippen molar-refractivity contribution in [1.29, 1.82) is 0 Å². The van der Waals surface area contributed by atoms with Gasteiger partial charge in [-0.15, -0.1) is 0 Å². The van der Waals surface area contributed by atoms with Crippen molar-refractivity contribution in [3.8, 4) is 0 Å². The molecule has 5 heteroatoms. The molecule has 1 aliphatic heterocycles. The van der Waals surface area contributed by atoms with Crippen molar-refractivity contribution in [2.75, 3.05) is 39.5 Å². The Labute approximate surface area is 147 Å². The van der Waals surface area contributed by atoms with E-state index in [1.54, 1.807) is 0 Å². The third kappa shape index (κ3) is 8.15. The van der Waals surface area contributed by atoms with Crippen LogP contribution < -0.4 is 10.6 Å². The molecule has 2 N–H and O–H groups in total. The van der Waals surface area contributed by atoms with E-state index in [1.807, 2.05) is 0 Å². The van der Waals surface area contributed by atoms with Gasteiger partial charge in [0.25, 0.3) is 0 Å². The Morgan fingerprint density at radius 1 is 1.25 bits per heavy atom. The number of hydrogen-bond donors (Lipinski definition) is 2. The molecule has 5 nitrogen and oxygen atoms in total. The Bertz CT molecular complexity index is 388. The van der Waals surface area contributed by atoms with Gasteiger partial charge in [0.15, 0.2) is 5.96 Å². The summed E-state index contributed by atoms with van der Waals surface area (Å²) < 4.78 is 11.3. The van der Waals surface area contributed by atoms with Crippen LogP contribution in [0.4, 0.5) is 0 Å². The fraction of sp³-hybridized carbons (Fsp3) is 0.842. The van der Waals surface area contributed by atoms with Crippen LogP contribution in [0, 0.1) is 0 Å². The number of ether oxygens (including phenoxy) is 2. The zero-order valence-electron chi connectivity index (χ0n) is 15.3. The third-order valence-electron chi connectivity index (χ3n) is 4.66. The van der Waals surface area contributed by atoms with Crippen LogP contribution >= 0.6 is 0 Å². The average Bonchev–Trinajstić information content (AvgIpc) is 2.88. The molecule has 0 bridgehead atoms. The first kappa shape index (κ1) is 19.3. The normalized spacial score (nSPS) is 20.4. The van der Waals surface area contributed by atoms with Gasteiger partial charge in [-0.05, 0) is 32.6 Å². The maximum absolute atomic E-state index is 6.01. The van der Waals surface area contributed by atoms with Gasteiger partial charge in [0.2, 0.25) is 0 Å². The number of guanidine groups is 1. The molecule has 2 aliphatic rings. The van der Waals surface area contributed by atoms with Gasteiger partial charge in [-0.2, -0.15) is 0 Å². The summed E-state index contributed by atoms with van der Waals surface area (Å²) in [5, 5.41) is 6.73. The molecule has 138 valence electrons. The molecular formula is C19H35N3O2. The first-order chi connectivity index (χ1) is 11.9. The van der Waals surface area contributed by atoms with Crippen LogP contribution in [0.1, 0.15) is 58.3 Å². The first-order valence-electron chi connectivity index (χ1n) is 9.78. The monoisotopic (exact) mass is 337 g/mol. The summed E-state index contributed by atoms with van der Waals surface area (Å²) >= 11 is 0. The SMILES string of the molecule is CCNC(=NCCOC1CCCCCC1)NCCC1=CCOCC1. The highest BCUT2D eigenvalue weighted by molar-refractivity contribution is 5.79. The molecule has 1 fully saturated rings. The largest absolute Gasteiger partial charge is 0.377 e. The molecule has 0 aromatic rings. The van der Waals surface area contributed by atoms with Gasteiger partial charge in [0.05, 0.1) is 32.5 Å². The predicted molar refractivity (Wildman–Crippen MR) is 99.6 cm³/mol. The van der Waals surface area contributed by atoms with Crippen molar-refractivity contribution in [3.05, 3.63) is 11.6 Å². The lowest BCUT2D eigenvalue weighted by Crippen LogP contribution is -2.38. The van der Waals surface area contributed by atoms with Crippen LogP contribution in [0.3, 0.4) is 0 Å². The van der Waals surface area contributed by atoms with Gasteiger partial charge in [0, 0.05) is 13.1 Å². The topological polar surface area (TPSA) is 54.9 Å². The van der Waals surface area contributed by atoms with E-state index in [1.165, 1.54) is 44.1 Å². The smallest absolute Gasteiger partial charge is 0.191 e. The minimum atomic E-state index is 0.457. The van der Waals surface area contributed by atoms with Crippen LogP contribution in [-0.2, 0) is 9.47 Å². The summed E-state index contributed by atoms with van der Waals surface area (Å²) in [6.45, 7) is 6.97. The van der Waals surface area contributed by atoms with Crippen molar-refractivity contribution in [1.82, 2.24) is 10.6 Å². The van der Waals surface area contributed by atoms with E-state index < -0.39 is 0 Å². The second kappa shape index (κ2) is 12.3. The molecule has 0 unspecified atom stereocenters. The minimum Gasteiger partial charge on any atom is -0.377 e. The van der Waals surface area contributed by atoms with Crippen LogP contribution in [0.25, 0.3) is 0 Å². The standard InChI is InChI=1S/C19H35N3O2/c1-2-20-19(21-12-9-17-10-14-23-15-11-17)22-13-16-24-18-7-5-3-4-6-8-18/h10,18H,2-9,11-16H2,1H3,(H2,20,21,22). The summed E-state index contributed by atoms with van der Waals surface area (Å²) in [6.07, 6.45) is 12.6. The summed E-state index contributed by atoms with van der Waals surface area (Å²) in [6, 6.07) is 0.